The summed E-state index contributed by atoms with van der Waals surface area (Å²) in [6.45, 7) is 0.728. The van der Waals surface area contributed by atoms with Crippen LogP contribution in [0.15, 0.2) is 47.5 Å². The van der Waals surface area contributed by atoms with E-state index in [1.165, 1.54) is 26.5 Å². The van der Waals surface area contributed by atoms with E-state index >= 15 is 0 Å². The number of aliphatic hydroxyl groups excluding tert-OH is 1. The largest absolute Gasteiger partial charge is 0.441 e. The van der Waals surface area contributed by atoms with Gasteiger partial charge in [-0.3, -0.25) is 4.79 Å². The van der Waals surface area contributed by atoms with Crippen molar-refractivity contribution in [3.05, 3.63) is 59.1 Å². The third-order valence-corrected chi connectivity index (χ3v) is 9.34. The first-order chi connectivity index (χ1) is 19.4. The van der Waals surface area contributed by atoms with Crippen molar-refractivity contribution in [2.45, 2.75) is 43.0 Å². The molecule has 0 radical (unpaired) electrons. The molecule has 1 N–H and O–H groups in total. The molecule has 0 saturated carbocycles. The number of nitrogens with zero attached hydrogens (tertiary/aromatic N) is 5. The van der Waals surface area contributed by atoms with Crippen LogP contribution >= 0.6 is 11.6 Å². The number of rotatable bonds is 7. The lowest BCUT2D eigenvalue weighted by molar-refractivity contribution is -0.140. The summed E-state index contributed by atoms with van der Waals surface area (Å²) in [5, 5.41) is 12.6. The highest BCUT2D eigenvalue weighted by Crippen LogP contribution is 2.27. The quantitative estimate of drug-likeness (QED) is 0.434. The number of ether oxygens (including phenoxy) is 1. The third kappa shape index (κ3) is 5.88. The number of carbonyl (C=O) groups is 3. The molecule has 2 aliphatic heterocycles. The number of sulfone groups is 1. The highest BCUT2D eigenvalue weighted by atomic mass is 35.5. The zero-order chi connectivity index (χ0) is 29.5. The number of halogens is 1. The summed E-state index contributed by atoms with van der Waals surface area (Å²) in [6.07, 6.45) is 0.252. The van der Waals surface area contributed by atoms with Crippen LogP contribution in [-0.2, 0) is 32.5 Å². The summed E-state index contributed by atoms with van der Waals surface area (Å²) in [5.74, 6) is -1.07. The minimum atomic E-state index is -3.95. The zero-order valence-electron chi connectivity index (χ0n) is 22.6. The topological polar surface area (TPSA) is 142 Å². The van der Waals surface area contributed by atoms with E-state index in [1.54, 1.807) is 49.5 Å². The van der Waals surface area contributed by atoms with Crippen molar-refractivity contribution in [1.29, 1.82) is 0 Å². The van der Waals surface area contributed by atoms with E-state index in [4.69, 9.17) is 16.3 Å². The van der Waals surface area contributed by atoms with Crippen molar-refractivity contribution >= 4 is 50.2 Å². The van der Waals surface area contributed by atoms with Crippen molar-refractivity contribution in [1.82, 2.24) is 24.3 Å². The molecule has 3 aromatic rings. The van der Waals surface area contributed by atoms with Crippen molar-refractivity contribution in [2.75, 3.05) is 32.9 Å². The van der Waals surface area contributed by atoms with Gasteiger partial charge in [-0.2, -0.15) is 0 Å². The number of benzene rings is 2. The summed E-state index contributed by atoms with van der Waals surface area (Å²) in [5.41, 5.74) is 0.682. The minimum Gasteiger partial charge on any atom is -0.441 e. The average Bonchev–Trinajstić information content (AvgIpc) is 3.50. The van der Waals surface area contributed by atoms with Gasteiger partial charge in [0.1, 0.15) is 6.10 Å². The Balaban J connectivity index is 1.17. The van der Waals surface area contributed by atoms with Gasteiger partial charge in [-0.25, -0.2) is 27.6 Å². The molecule has 5 rings (SSSR count). The third-order valence-electron chi connectivity index (χ3n) is 7.38. The second kappa shape index (κ2) is 11.3. The molecule has 14 heteroatoms. The maximum atomic E-state index is 13.2. The number of hydrogen-bond donors (Lipinski definition) is 1. The number of imidazole rings is 1. The van der Waals surface area contributed by atoms with Gasteiger partial charge in [-0.1, -0.05) is 23.7 Å². The van der Waals surface area contributed by atoms with Crippen LogP contribution in [-0.4, -0.2) is 101 Å². The van der Waals surface area contributed by atoms with Crippen molar-refractivity contribution in [3.63, 3.8) is 0 Å². The van der Waals surface area contributed by atoms with Gasteiger partial charge < -0.3 is 24.5 Å². The molecule has 41 heavy (non-hydrogen) atoms. The van der Waals surface area contributed by atoms with E-state index in [2.05, 4.69) is 4.98 Å². The first kappa shape index (κ1) is 28.8. The van der Waals surface area contributed by atoms with Gasteiger partial charge in [-0.05, 0) is 47.9 Å². The van der Waals surface area contributed by atoms with Gasteiger partial charge >= 0.3 is 12.1 Å². The molecule has 1 fully saturated rings. The number of piperidine rings is 1. The van der Waals surface area contributed by atoms with Gasteiger partial charge in [0.2, 0.25) is 0 Å². The second-order valence-corrected chi connectivity index (χ2v) is 12.8. The molecule has 0 spiro atoms. The van der Waals surface area contributed by atoms with Crippen molar-refractivity contribution in [2.24, 2.45) is 0 Å². The van der Waals surface area contributed by atoms with Crippen LogP contribution in [0.25, 0.3) is 10.8 Å². The Morgan fingerprint density at radius 1 is 1.15 bits per heavy atom. The number of amides is 3. The van der Waals surface area contributed by atoms with Gasteiger partial charge in [0, 0.05) is 38.2 Å². The van der Waals surface area contributed by atoms with Crippen molar-refractivity contribution < 1.29 is 32.6 Å². The highest BCUT2D eigenvalue weighted by Gasteiger charge is 2.38. The smallest absolute Gasteiger partial charge is 0.409 e. The molecular formula is C27H30ClN5O7S. The second-order valence-electron chi connectivity index (χ2n) is 10.4. The summed E-state index contributed by atoms with van der Waals surface area (Å²) in [7, 11) is -0.830. The standard InChI is InChI=1S/C27H30ClN5O7S/c1-30(2)27(37)40-15-24-29-13-21-14-32(26(36)33(21)24)20-7-9-31(10-8-20)25(35)23(34)16-41(38,39)22-6-4-17-11-19(28)5-3-18(17)12-22/h3-6,11-13,20,23,34H,7-10,14-16H2,1-2H3/t23-/m1/s1. The van der Waals surface area contributed by atoms with Crippen LogP contribution in [0.3, 0.4) is 0 Å². The number of fused-ring (bicyclic) bond motifs is 2. The molecule has 3 amide bonds. The van der Waals surface area contributed by atoms with E-state index in [1.807, 2.05) is 0 Å². The molecule has 0 aliphatic carbocycles. The fourth-order valence-corrected chi connectivity index (χ4v) is 6.67. The first-order valence-electron chi connectivity index (χ1n) is 13.0. The Morgan fingerprint density at radius 3 is 2.54 bits per heavy atom. The molecule has 0 bridgehead atoms. The van der Waals surface area contributed by atoms with Gasteiger partial charge in [0.15, 0.2) is 22.3 Å². The molecular weight excluding hydrogens is 574 g/mol. The van der Waals surface area contributed by atoms with Crippen LogP contribution < -0.4 is 0 Å². The minimum absolute atomic E-state index is 0.0136. The Hall–Kier alpha value is -3.68. The van der Waals surface area contributed by atoms with Gasteiger partial charge in [-0.15, -0.1) is 0 Å². The van der Waals surface area contributed by atoms with Crippen LogP contribution in [0.5, 0.6) is 0 Å². The Kier molecular flexibility index (Phi) is 7.95. The predicted molar refractivity (Wildman–Crippen MR) is 149 cm³/mol. The molecule has 12 nitrogen and oxygen atoms in total. The number of likely N-dealkylation sites (tertiary alicyclic amines) is 1. The lowest BCUT2D eigenvalue weighted by Gasteiger charge is -2.37. The molecule has 1 atom stereocenters. The number of aliphatic hydroxyl groups is 1. The van der Waals surface area contributed by atoms with Crippen LogP contribution in [0.1, 0.15) is 24.4 Å². The van der Waals surface area contributed by atoms with Crippen LogP contribution in [0.2, 0.25) is 5.02 Å². The summed E-state index contributed by atoms with van der Waals surface area (Å²) < 4.78 is 32.6. The van der Waals surface area contributed by atoms with E-state index in [-0.39, 0.29) is 36.7 Å². The molecule has 2 aliphatic rings. The zero-order valence-corrected chi connectivity index (χ0v) is 24.1. The normalized spacial score (nSPS) is 16.6. The summed E-state index contributed by atoms with van der Waals surface area (Å²) in [4.78, 5) is 46.5. The van der Waals surface area contributed by atoms with E-state index in [0.29, 0.717) is 41.3 Å². The van der Waals surface area contributed by atoms with Crippen LogP contribution in [0, 0.1) is 0 Å². The number of aromatic nitrogens is 2. The number of hydrogen-bond acceptors (Lipinski definition) is 8. The maximum Gasteiger partial charge on any atom is 0.409 e. The molecule has 0 unspecified atom stereocenters. The molecule has 1 aromatic heterocycles. The lowest BCUT2D eigenvalue weighted by atomic mass is 10.0. The summed E-state index contributed by atoms with van der Waals surface area (Å²) >= 11 is 6.00. The van der Waals surface area contributed by atoms with Crippen LogP contribution in [0.4, 0.5) is 9.59 Å². The summed E-state index contributed by atoms with van der Waals surface area (Å²) in [6, 6.07) is 9.24. The number of carbonyl (C=O) groups excluding carboxylic acids is 3. The van der Waals surface area contributed by atoms with E-state index in [0.717, 1.165) is 5.39 Å². The maximum absolute atomic E-state index is 13.2. The molecule has 218 valence electrons. The fraction of sp³-hybridized carbons (Fsp3) is 0.407. The fourth-order valence-electron chi connectivity index (χ4n) is 5.16. The SMILES string of the molecule is CN(C)C(=O)OCc1ncc2n1C(=O)N(C1CCN(C(=O)[C@H](O)CS(=O)(=O)c3ccc4cc(Cl)ccc4c3)CC1)C2. The Morgan fingerprint density at radius 2 is 1.83 bits per heavy atom. The Labute approximate surface area is 242 Å². The van der Waals surface area contributed by atoms with Gasteiger partial charge in [0.25, 0.3) is 5.91 Å². The monoisotopic (exact) mass is 603 g/mol. The molecule has 1 saturated heterocycles. The van der Waals surface area contributed by atoms with E-state index < -0.39 is 33.7 Å². The molecule has 3 heterocycles. The first-order valence-corrected chi connectivity index (χ1v) is 15.1. The molecule has 2 aromatic carbocycles. The average molecular weight is 604 g/mol. The van der Waals surface area contributed by atoms with Crippen molar-refractivity contribution in [3.8, 4) is 0 Å². The predicted octanol–water partition coefficient (Wildman–Crippen LogP) is 2.50. The van der Waals surface area contributed by atoms with E-state index in [9.17, 15) is 27.9 Å². The van der Waals surface area contributed by atoms with Gasteiger partial charge in [0.05, 0.1) is 29.1 Å². The highest BCUT2D eigenvalue weighted by molar-refractivity contribution is 7.91. The Bertz CT molecular complexity index is 1620. The lowest BCUT2D eigenvalue weighted by Crippen LogP contribution is -2.50.